The molecule has 6 rings (SSSR count). The number of amides is 1. The fraction of sp³-hybridized carbons (Fsp3) is 0.286. The number of para-hydroxylation sites is 1. The van der Waals surface area contributed by atoms with Gasteiger partial charge in [0.1, 0.15) is 11.8 Å². The smallest absolute Gasteiger partial charge is 0.236 e. The maximum absolute atomic E-state index is 12.8. The van der Waals surface area contributed by atoms with Crippen molar-refractivity contribution in [1.82, 2.24) is 34.2 Å². The van der Waals surface area contributed by atoms with E-state index in [1.807, 2.05) is 69.6 Å². The number of likely N-dealkylation sites (N-methyl/N-ethyl adjacent to an activating group) is 1. The molecule has 2 aromatic carbocycles. The highest BCUT2D eigenvalue weighted by molar-refractivity contribution is 5.92. The molecule has 1 unspecified atom stereocenters. The Hall–Kier alpha value is -4.24. The van der Waals surface area contributed by atoms with E-state index in [0.29, 0.717) is 18.9 Å². The van der Waals surface area contributed by atoms with Gasteiger partial charge in [0.25, 0.3) is 0 Å². The number of nitrogen functional groups attached to an aromatic ring is 1. The van der Waals surface area contributed by atoms with Crippen LogP contribution in [0.5, 0.6) is 0 Å². The first-order valence-corrected chi connectivity index (χ1v) is 12.6. The second-order valence-electron chi connectivity index (χ2n) is 9.99. The highest BCUT2D eigenvalue weighted by atomic mass is 16.2. The third-order valence-electron chi connectivity index (χ3n) is 7.09. The number of hydrogen-bond donors (Lipinski definition) is 1. The van der Waals surface area contributed by atoms with Crippen LogP contribution in [0, 0.1) is 0 Å². The predicted octanol–water partition coefficient (Wildman–Crippen LogP) is 3.59. The first-order chi connectivity index (χ1) is 18.0. The summed E-state index contributed by atoms with van der Waals surface area (Å²) in [4.78, 5) is 21.0. The molecule has 1 aliphatic rings. The summed E-state index contributed by atoms with van der Waals surface area (Å²) in [5.41, 5.74) is 12.1. The van der Waals surface area contributed by atoms with Crippen LogP contribution < -0.4 is 5.73 Å². The normalized spacial score (nSPS) is 16.2. The average molecular weight is 495 g/mol. The van der Waals surface area contributed by atoms with Gasteiger partial charge in [0.2, 0.25) is 5.91 Å². The Bertz CT molecular complexity index is 1590. The molecule has 9 heteroatoms. The Kier molecular flexibility index (Phi) is 5.84. The number of anilines is 1. The van der Waals surface area contributed by atoms with Crippen molar-refractivity contribution in [2.24, 2.45) is 0 Å². The summed E-state index contributed by atoms with van der Waals surface area (Å²) in [5, 5.41) is 10.5. The molecular formula is C28H30N8O. The van der Waals surface area contributed by atoms with E-state index in [9.17, 15) is 4.79 Å². The predicted molar refractivity (Wildman–Crippen MR) is 145 cm³/mol. The summed E-state index contributed by atoms with van der Waals surface area (Å²) >= 11 is 0. The number of nitrogens with zero attached hydrogens (tertiary/aromatic N) is 7. The molecule has 3 aromatic heterocycles. The highest BCUT2D eigenvalue weighted by Crippen LogP contribution is 2.37. The van der Waals surface area contributed by atoms with Crippen LogP contribution in [-0.2, 0) is 4.79 Å². The number of nitrogens with two attached hydrogens (primary N) is 1. The average Bonchev–Trinajstić information content (AvgIpc) is 3.51. The van der Waals surface area contributed by atoms with Crippen LogP contribution in [0.15, 0.2) is 67.1 Å². The fourth-order valence-corrected chi connectivity index (χ4v) is 5.32. The summed E-state index contributed by atoms with van der Waals surface area (Å²) in [7, 11) is 3.84. The molecule has 188 valence electrons. The number of piperidine rings is 1. The molecule has 0 bridgehead atoms. The quantitative estimate of drug-likeness (QED) is 0.401. The van der Waals surface area contributed by atoms with Crippen LogP contribution >= 0.6 is 0 Å². The number of hydrogen-bond acceptors (Lipinski definition) is 6. The summed E-state index contributed by atoms with van der Waals surface area (Å²) in [6.07, 6.45) is 5.48. The maximum Gasteiger partial charge on any atom is 0.236 e. The minimum Gasteiger partial charge on any atom is -0.382 e. The van der Waals surface area contributed by atoms with Gasteiger partial charge < -0.3 is 15.5 Å². The van der Waals surface area contributed by atoms with Gasteiger partial charge in [-0.2, -0.15) is 10.2 Å². The molecule has 2 N–H and O–H groups in total. The van der Waals surface area contributed by atoms with Gasteiger partial charge >= 0.3 is 0 Å². The van der Waals surface area contributed by atoms with Crippen molar-refractivity contribution in [1.29, 1.82) is 0 Å². The minimum absolute atomic E-state index is 0.157. The molecule has 1 saturated heterocycles. The van der Waals surface area contributed by atoms with Crippen LogP contribution in [0.4, 0.5) is 5.82 Å². The number of likely N-dealkylation sites (tertiary alicyclic amines) is 1. The van der Waals surface area contributed by atoms with Gasteiger partial charge in [0.15, 0.2) is 5.82 Å². The molecule has 0 saturated carbocycles. The molecule has 0 radical (unpaired) electrons. The second kappa shape index (κ2) is 9.33. The van der Waals surface area contributed by atoms with Crippen LogP contribution in [0.25, 0.3) is 33.2 Å². The molecule has 37 heavy (non-hydrogen) atoms. The number of carbonyl (C=O) groups excluding carboxylic acids is 1. The molecule has 1 amide bonds. The third kappa shape index (κ3) is 4.31. The van der Waals surface area contributed by atoms with E-state index in [1.54, 1.807) is 0 Å². The Morgan fingerprint density at radius 1 is 1.14 bits per heavy atom. The highest BCUT2D eigenvalue weighted by Gasteiger charge is 2.28. The zero-order valence-electron chi connectivity index (χ0n) is 21.1. The lowest BCUT2D eigenvalue weighted by atomic mass is 9.94. The molecule has 0 spiro atoms. The van der Waals surface area contributed by atoms with E-state index in [4.69, 9.17) is 10.8 Å². The summed E-state index contributed by atoms with van der Waals surface area (Å²) in [5.74, 6) is 0.753. The van der Waals surface area contributed by atoms with E-state index >= 15 is 0 Å². The van der Waals surface area contributed by atoms with Crippen molar-refractivity contribution < 1.29 is 4.79 Å². The van der Waals surface area contributed by atoms with Gasteiger partial charge in [-0.1, -0.05) is 30.3 Å². The van der Waals surface area contributed by atoms with Crippen molar-refractivity contribution in [3.8, 4) is 16.8 Å². The van der Waals surface area contributed by atoms with Crippen LogP contribution in [-0.4, -0.2) is 73.8 Å². The lowest BCUT2D eigenvalue weighted by Gasteiger charge is -2.33. The Morgan fingerprint density at radius 3 is 2.78 bits per heavy atom. The van der Waals surface area contributed by atoms with E-state index < -0.39 is 0 Å². The van der Waals surface area contributed by atoms with Crippen molar-refractivity contribution in [3.63, 3.8) is 0 Å². The molecule has 4 heterocycles. The molecule has 1 fully saturated rings. The number of carbonyl (C=O) groups is 1. The van der Waals surface area contributed by atoms with E-state index in [0.717, 1.165) is 58.3 Å². The van der Waals surface area contributed by atoms with Gasteiger partial charge in [-0.05, 0) is 56.8 Å². The van der Waals surface area contributed by atoms with Crippen molar-refractivity contribution in [2.75, 3.05) is 39.5 Å². The molecule has 0 aliphatic carbocycles. The molecule has 1 aliphatic heterocycles. The van der Waals surface area contributed by atoms with Crippen LogP contribution in [0.3, 0.4) is 0 Å². The summed E-state index contributed by atoms with van der Waals surface area (Å²) in [6.45, 7) is 1.87. The zero-order chi connectivity index (χ0) is 25.5. The molecule has 1 atom stereocenters. The van der Waals surface area contributed by atoms with E-state index in [-0.39, 0.29) is 11.8 Å². The first kappa shape index (κ1) is 23.2. The lowest BCUT2D eigenvalue weighted by Crippen LogP contribution is -2.43. The largest absolute Gasteiger partial charge is 0.382 e. The SMILES string of the molecule is CN(C)CC(=O)N1CCCC(c2cc(-c3ccc4cn(-c5ccccc5)nc4c3)c3c(N)ncnn23)C1. The van der Waals surface area contributed by atoms with Gasteiger partial charge in [0, 0.05) is 41.8 Å². The van der Waals surface area contributed by atoms with Crippen molar-refractivity contribution in [3.05, 3.63) is 72.8 Å². The fourth-order valence-electron chi connectivity index (χ4n) is 5.32. The Balaban J connectivity index is 1.40. The van der Waals surface area contributed by atoms with Gasteiger partial charge in [-0.25, -0.2) is 14.2 Å². The maximum atomic E-state index is 12.8. The molecule has 5 aromatic rings. The first-order valence-electron chi connectivity index (χ1n) is 12.6. The van der Waals surface area contributed by atoms with Gasteiger partial charge in [-0.3, -0.25) is 4.79 Å². The number of rotatable bonds is 5. The minimum atomic E-state index is 0.157. The van der Waals surface area contributed by atoms with Gasteiger partial charge in [0.05, 0.1) is 17.7 Å². The van der Waals surface area contributed by atoms with Gasteiger partial charge in [-0.15, -0.1) is 0 Å². The Morgan fingerprint density at radius 2 is 1.97 bits per heavy atom. The van der Waals surface area contributed by atoms with Crippen molar-refractivity contribution in [2.45, 2.75) is 18.8 Å². The lowest BCUT2D eigenvalue weighted by molar-refractivity contribution is -0.133. The second-order valence-corrected chi connectivity index (χ2v) is 9.99. The standard InChI is InChI=1S/C28H30N8O/c1-33(2)17-26(37)34-12-6-7-21(15-34)25-14-23(27-28(29)30-18-31-36(25)27)19-10-11-20-16-35(32-24(20)13-19)22-8-4-3-5-9-22/h3-5,8-11,13-14,16,18,21H,6-7,12,15,17H2,1-2H3,(H2,29,30,31). The summed E-state index contributed by atoms with van der Waals surface area (Å²) in [6, 6.07) is 18.5. The van der Waals surface area contributed by atoms with E-state index in [2.05, 4.69) is 34.3 Å². The number of aromatic nitrogens is 5. The van der Waals surface area contributed by atoms with E-state index in [1.165, 1.54) is 6.33 Å². The number of benzene rings is 2. The van der Waals surface area contributed by atoms with Crippen LogP contribution in [0.2, 0.25) is 0 Å². The third-order valence-corrected chi connectivity index (χ3v) is 7.09. The summed E-state index contributed by atoms with van der Waals surface area (Å²) < 4.78 is 3.81. The topological polar surface area (TPSA) is 97.6 Å². The molecular weight excluding hydrogens is 464 g/mol. The zero-order valence-corrected chi connectivity index (χ0v) is 21.1. The molecule has 9 nitrogen and oxygen atoms in total. The van der Waals surface area contributed by atoms with Crippen LogP contribution in [0.1, 0.15) is 24.5 Å². The Labute approximate surface area is 215 Å². The van der Waals surface area contributed by atoms with Crippen molar-refractivity contribution >= 4 is 28.1 Å². The number of fused-ring (bicyclic) bond motifs is 2. The monoisotopic (exact) mass is 494 g/mol.